The number of methoxy groups -OCH3 is 2. The van der Waals surface area contributed by atoms with Gasteiger partial charge in [0.1, 0.15) is 6.04 Å². The van der Waals surface area contributed by atoms with Gasteiger partial charge in [0.25, 0.3) is 0 Å². The van der Waals surface area contributed by atoms with Crippen molar-refractivity contribution in [3.63, 3.8) is 0 Å². The van der Waals surface area contributed by atoms with E-state index in [9.17, 15) is 14.7 Å². The van der Waals surface area contributed by atoms with Gasteiger partial charge >= 0.3 is 12.0 Å². The van der Waals surface area contributed by atoms with E-state index in [0.29, 0.717) is 12.5 Å². The summed E-state index contributed by atoms with van der Waals surface area (Å²) in [5.41, 5.74) is 6.74. The average molecular weight is 708 g/mol. The van der Waals surface area contributed by atoms with E-state index < -0.39 is 24.3 Å². The molecule has 10 heteroatoms. The van der Waals surface area contributed by atoms with Gasteiger partial charge in [-0.2, -0.15) is 0 Å². The number of urea groups is 1. The Labute approximate surface area is 306 Å². The number of rotatable bonds is 14. The van der Waals surface area contributed by atoms with Gasteiger partial charge in [-0.1, -0.05) is 97.1 Å². The molecule has 2 heterocycles. The van der Waals surface area contributed by atoms with Crippen molar-refractivity contribution in [2.24, 2.45) is 0 Å². The first-order valence-electron chi connectivity index (χ1n) is 18.0. The molecule has 4 aromatic rings. The molecule has 274 valence electrons. The molecule has 2 fully saturated rings. The Kier molecular flexibility index (Phi) is 13.1. The largest absolute Gasteiger partial charge is 0.467 e. The molecule has 2 aliphatic heterocycles. The minimum atomic E-state index is -0.806. The van der Waals surface area contributed by atoms with Crippen LogP contribution < -0.4 is 10.6 Å². The number of esters is 1. The van der Waals surface area contributed by atoms with Crippen molar-refractivity contribution in [1.29, 1.82) is 0 Å². The molecule has 6 rings (SSSR count). The van der Waals surface area contributed by atoms with Crippen molar-refractivity contribution in [3.05, 3.63) is 131 Å². The van der Waals surface area contributed by atoms with Gasteiger partial charge in [-0.25, -0.2) is 9.59 Å². The van der Waals surface area contributed by atoms with E-state index in [-0.39, 0.29) is 25.4 Å². The van der Waals surface area contributed by atoms with Gasteiger partial charge in [0.2, 0.25) is 0 Å². The fourth-order valence-corrected chi connectivity index (χ4v) is 7.08. The number of aliphatic hydroxyl groups excluding tert-OH is 1. The standard InChI is InChI=1S/C42H49N3O7/c1-49-28-36-12-7-21-45(36)26-37-24-39(33-15-13-30(27-46)14-16-33)52-41(51-37)34-19-17-32(18-20-34)35-11-6-10-31(22-35)25-43-42(48)44-38(40(47)50-2)23-29-8-4-3-5-9-29/h3-6,8-11,13-20,22,36-39,41,46H,7,12,21,23-28H2,1-2H3,(H2,43,44,48)/t36-,37-,38-,39+,41+/m0/s1. The predicted molar refractivity (Wildman–Crippen MR) is 198 cm³/mol. The van der Waals surface area contributed by atoms with E-state index in [4.69, 9.17) is 18.9 Å². The van der Waals surface area contributed by atoms with Crippen LogP contribution in [0, 0.1) is 0 Å². The molecular weight excluding hydrogens is 658 g/mol. The molecule has 0 aliphatic carbocycles. The Hall–Kier alpha value is -4.58. The van der Waals surface area contributed by atoms with Crippen LogP contribution in [0.25, 0.3) is 11.1 Å². The van der Waals surface area contributed by atoms with Crippen LogP contribution in [0.15, 0.2) is 103 Å². The Morgan fingerprint density at radius 2 is 1.62 bits per heavy atom. The normalized spacial score (nSPS) is 21.0. The minimum absolute atomic E-state index is 0.00374. The fourth-order valence-electron chi connectivity index (χ4n) is 7.08. The summed E-state index contributed by atoms with van der Waals surface area (Å²) in [6, 6.07) is 32.8. The van der Waals surface area contributed by atoms with Crippen LogP contribution in [-0.2, 0) is 43.3 Å². The lowest BCUT2D eigenvalue weighted by atomic mass is 9.98. The maximum Gasteiger partial charge on any atom is 0.328 e. The Bertz CT molecular complexity index is 1730. The van der Waals surface area contributed by atoms with E-state index in [1.165, 1.54) is 7.11 Å². The highest BCUT2D eigenvalue weighted by atomic mass is 16.7. The summed E-state index contributed by atoms with van der Waals surface area (Å²) in [6.07, 6.45) is 2.63. The lowest BCUT2D eigenvalue weighted by Gasteiger charge is -2.38. The van der Waals surface area contributed by atoms with Crippen LogP contribution in [-0.4, -0.2) is 74.1 Å². The van der Waals surface area contributed by atoms with E-state index in [1.807, 2.05) is 78.9 Å². The third-order valence-electron chi connectivity index (χ3n) is 9.88. The van der Waals surface area contributed by atoms with Gasteiger partial charge in [0.05, 0.1) is 32.5 Å². The van der Waals surface area contributed by atoms with Crippen molar-refractivity contribution in [3.8, 4) is 11.1 Å². The van der Waals surface area contributed by atoms with Crippen LogP contribution >= 0.6 is 0 Å². The second-order valence-electron chi connectivity index (χ2n) is 13.5. The molecule has 0 saturated carbocycles. The number of ether oxygens (including phenoxy) is 4. The third-order valence-corrected chi connectivity index (χ3v) is 9.88. The van der Waals surface area contributed by atoms with Crippen LogP contribution in [0.2, 0.25) is 0 Å². The first-order chi connectivity index (χ1) is 25.4. The predicted octanol–water partition coefficient (Wildman–Crippen LogP) is 6.09. The molecule has 2 saturated heterocycles. The van der Waals surface area contributed by atoms with Crippen molar-refractivity contribution in [2.75, 3.05) is 33.9 Å². The lowest BCUT2D eigenvalue weighted by molar-refractivity contribution is -0.253. The summed E-state index contributed by atoms with van der Waals surface area (Å²) in [5, 5.41) is 15.2. The second kappa shape index (κ2) is 18.3. The van der Waals surface area contributed by atoms with Crippen molar-refractivity contribution in [1.82, 2.24) is 15.5 Å². The van der Waals surface area contributed by atoms with Crippen molar-refractivity contribution >= 4 is 12.0 Å². The van der Waals surface area contributed by atoms with Gasteiger partial charge in [-0.3, -0.25) is 4.90 Å². The number of nitrogens with zero attached hydrogens (tertiary/aromatic N) is 1. The summed E-state index contributed by atoms with van der Waals surface area (Å²) in [6.45, 7) is 2.85. The van der Waals surface area contributed by atoms with Crippen LogP contribution in [0.3, 0.4) is 0 Å². The molecule has 5 atom stereocenters. The number of carbonyl (C=O) groups is 2. The number of hydrogen-bond acceptors (Lipinski definition) is 8. The molecule has 0 aromatic heterocycles. The zero-order valence-corrected chi connectivity index (χ0v) is 29.9. The fraction of sp³-hybridized carbons (Fsp3) is 0.381. The molecule has 0 radical (unpaired) electrons. The highest BCUT2D eigenvalue weighted by Crippen LogP contribution is 2.39. The number of benzene rings is 4. The Morgan fingerprint density at radius 1 is 0.865 bits per heavy atom. The quantitative estimate of drug-likeness (QED) is 0.135. The summed E-state index contributed by atoms with van der Waals surface area (Å²) in [5.74, 6) is -0.501. The maximum absolute atomic E-state index is 12.8. The molecule has 0 bridgehead atoms. The molecule has 2 amide bonds. The summed E-state index contributed by atoms with van der Waals surface area (Å²) >= 11 is 0. The summed E-state index contributed by atoms with van der Waals surface area (Å²) in [4.78, 5) is 27.7. The summed E-state index contributed by atoms with van der Waals surface area (Å²) < 4.78 is 23.7. The van der Waals surface area contributed by atoms with E-state index in [1.54, 1.807) is 7.11 Å². The number of hydrogen-bond donors (Lipinski definition) is 3. The Balaban J connectivity index is 1.11. The molecule has 4 aromatic carbocycles. The number of carbonyl (C=O) groups excluding carboxylic acids is 2. The first-order valence-corrected chi connectivity index (χ1v) is 18.0. The van der Waals surface area contributed by atoms with Crippen molar-refractivity contribution < 1.29 is 33.6 Å². The zero-order chi connectivity index (χ0) is 36.3. The molecule has 2 aliphatic rings. The molecule has 52 heavy (non-hydrogen) atoms. The average Bonchev–Trinajstić information content (AvgIpc) is 3.63. The van der Waals surface area contributed by atoms with Crippen molar-refractivity contribution in [2.45, 2.75) is 69.4 Å². The molecular formula is C42H49N3O7. The van der Waals surface area contributed by atoms with E-state index in [0.717, 1.165) is 77.9 Å². The van der Waals surface area contributed by atoms with Gasteiger partial charge < -0.3 is 34.7 Å². The van der Waals surface area contributed by atoms with Crippen LogP contribution in [0.1, 0.15) is 59.5 Å². The zero-order valence-electron chi connectivity index (χ0n) is 29.9. The second-order valence-corrected chi connectivity index (χ2v) is 13.5. The smallest absolute Gasteiger partial charge is 0.328 e. The van der Waals surface area contributed by atoms with Gasteiger partial charge in [-0.15, -0.1) is 0 Å². The van der Waals surface area contributed by atoms with Gasteiger partial charge in [-0.05, 0) is 58.8 Å². The van der Waals surface area contributed by atoms with Gasteiger partial charge in [0, 0.05) is 44.6 Å². The first kappa shape index (κ1) is 37.2. The highest BCUT2D eigenvalue weighted by Gasteiger charge is 2.35. The number of amides is 2. The monoisotopic (exact) mass is 707 g/mol. The van der Waals surface area contributed by atoms with Gasteiger partial charge in [0.15, 0.2) is 6.29 Å². The topological polar surface area (TPSA) is 119 Å². The SMILES string of the molecule is COC[C@@H]1CCCN1C[C@@H]1C[C@H](c2ccc(CO)cc2)O[C@H](c2ccc(-c3cccc(CNC(=O)N[C@@H](Cc4ccccc4)C(=O)OC)c3)cc2)O1. The third kappa shape index (κ3) is 9.84. The number of likely N-dealkylation sites (tertiary alicyclic amines) is 1. The molecule has 3 N–H and O–H groups in total. The van der Waals surface area contributed by atoms with E-state index in [2.05, 4.69) is 39.8 Å². The van der Waals surface area contributed by atoms with E-state index >= 15 is 0 Å². The number of nitrogens with one attached hydrogen (secondary N) is 2. The maximum atomic E-state index is 12.8. The highest BCUT2D eigenvalue weighted by molar-refractivity contribution is 5.83. The molecule has 0 spiro atoms. The Morgan fingerprint density at radius 3 is 2.35 bits per heavy atom. The van der Waals surface area contributed by atoms with Crippen LogP contribution in [0.5, 0.6) is 0 Å². The summed E-state index contributed by atoms with van der Waals surface area (Å²) in [7, 11) is 3.07. The van der Waals surface area contributed by atoms with Crippen LogP contribution in [0.4, 0.5) is 4.79 Å². The lowest BCUT2D eigenvalue weighted by Crippen LogP contribution is -2.47. The minimum Gasteiger partial charge on any atom is -0.467 e. The molecule has 0 unspecified atom stereocenters. The molecule has 10 nitrogen and oxygen atoms in total. The number of aliphatic hydroxyl groups is 1.